The minimum Gasteiger partial charge on any atom is -0.346 e. The molecule has 3 aromatic heterocycles. The lowest BCUT2D eigenvalue weighted by molar-refractivity contribution is 0.607. The first-order valence-electron chi connectivity index (χ1n) is 9.34. The Balaban J connectivity index is 1.61. The van der Waals surface area contributed by atoms with Crippen molar-refractivity contribution in [2.24, 2.45) is 7.05 Å². The Morgan fingerprint density at radius 2 is 1.87 bits per heavy atom. The quantitative estimate of drug-likeness (QED) is 0.459. The molecule has 0 spiro atoms. The standard InChI is InChI=1S/C22H19N5O2S/c1-27-13-25-20-7-6-15(10-21(20)27)19-12-24-22-18(19)9-16(11-23-22)14-4-3-5-17(8-14)26-30(2,28)29/h3-13,26H,1-2H3,(H,23,24). The number of hydrogen-bond acceptors (Lipinski definition) is 4. The molecule has 0 aliphatic heterocycles. The SMILES string of the molecule is Cn1cnc2ccc(-c3c[nH]c4ncc(-c5cccc(NS(C)(=O)=O)c5)cc34)cc21. The first kappa shape index (κ1) is 18.4. The van der Waals surface area contributed by atoms with Crippen LogP contribution in [0.3, 0.4) is 0 Å². The normalized spacial score (nSPS) is 11.9. The Kier molecular flexibility index (Phi) is 4.11. The Morgan fingerprint density at radius 1 is 1.00 bits per heavy atom. The van der Waals surface area contributed by atoms with Gasteiger partial charge in [0.2, 0.25) is 10.0 Å². The van der Waals surface area contributed by atoms with Gasteiger partial charge in [0.05, 0.1) is 23.6 Å². The second kappa shape index (κ2) is 6.70. The summed E-state index contributed by atoms with van der Waals surface area (Å²) in [6, 6.07) is 15.5. The molecule has 0 saturated carbocycles. The van der Waals surface area contributed by atoms with Gasteiger partial charge in [-0.05, 0) is 41.5 Å². The van der Waals surface area contributed by atoms with Gasteiger partial charge in [-0.3, -0.25) is 4.72 Å². The molecule has 0 aliphatic carbocycles. The van der Waals surface area contributed by atoms with E-state index in [4.69, 9.17) is 0 Å². The Morgan fingerprint density at radius 3 is 2.70 bits per heavy atom. The number of H-pyrrole nitrogens is 1. The largest absolute Gasteiger partial charge is 0.346 e. The van der Waals surface area contributed by atoms with Crippen LogP contribution in [0.25, 0.3) is 44.3 Å². The number of benzene rings is 2. The fourth-order valence-corrected chi connectivity index (χ4v) is 4.23. The van der Waals surface area contributed by atoms with Crippen molar-refractivity contribution in [3.63, 3.8) is 0 Å². The van der Waals surface area contributed by atoms with Crippen molar-refractivity contribution < 1.29 is 8.42 Å². The zero-order valence-electron chi connectivity index (χ0n) is 16.4. The van der Waals surface area contributed by atoms with Crippen LogP contribution in [-0.4, -0.2) is 34.2 Å². The fourth-order valence-electron chi connectivity index (χ4n) is 3.67. The third kappa shape index (κ3) is 3.31. The molecule has 0 bridgehead atoms. The van der Waals surface area contributed by atoms with Crippen molar-refractivity contribution >= 4 is 37.8 Å². The third-order valence-electron chi connectivity index (χ3n) is 5.07. The molecule has 150 valence electrons. The summed E-state index contributed by atoms with van der Waals surface area (Å²) in [6.45, 7) is 0. The molecular formula is C22H19N5O2S. The van der Waals surface area contributed by atoms with Gasteiger partial charge in [0.15, 0.2) is 0 Å². The summed E-state index contributed by atoms with van der Waals surface area (Å²) in [5.74, 6) is 0. The monoisotopic (exact) mass is 417 g/mol. The lowest BCUT2D eigenvalue weighted by Crippen LogP contribution is -2.09. The van der Waals surface area contributed by atoms with Crippen molar-refractivity contribution in [3.8, 4) is 22.3 Å². The van der Waals surface area contributed by atoms with E-state index in [1.54, 1.807) is 24.7 Å². The maximum atomic E-state index is 11.6. The number of rotatable bonds is 4. The molecule has 0 fully saturated rings. The average Bonchev–Trinajstić information content (AvgIpc) is 3.30. The predicted molar refractivity (Wildman–Crippen MR) is 120 cm³/mol. The topological polar surface area (TPSA) is 92.7 Å². The number of anilines is 1. The number of imidazole rings is 1. The van der Waals surface area contributed by atoms with Crippen molar-refractivity contribution in [2.75, 3.05) is 11.0 Å². The van der Waals surface area contributed by atoms with Crippen LogP contribution in [-0.2, 0) is 17.1 Å². The second-order valence-corrected chi connectivity index (χ2v) is 9.08. The van der Waals surface area contributed by atoms with Gasteiger partial charge >= 0.3 is 0 Å². The number of pyridine rings is 1. The molecule has 0 radical (unpaired) electrons. The van der Waals surface area contributed by atoms with Gasteiger partial charge in [0.25, 0.3) is 0 Å². The highest BCUT2D eigenvalue weighted by atomic mass is 32.2. The van der Waals surface area contributed by atoms with Crippen LogP contribution < -0.4 is 4.72 Å². The minimum absolute atomic E-state index is 0.519. The van der Waals surface area contributed by atoms with E-state index in [1.165, 1.54) is 0 Å². The van der Waals surface area contributed by atoms with Gasteiger partial charge in [-0.1, -0.05) is 18.2 Å². The van der Waals surface area contributed by atoms with Gasteiger partial charge in [0, 0.05) is 41.6 Å². The summed E-state index contributed by atoms with van der Waals surface area (Å²) >= 11 is 0. The fraction of sp³-hybridized carbons (Fsp3) is 0.0909. The molecular weight excluding hydrogens is 398 g/mol. The van der Waals surface area contributed by atoms with Crippen LogP contribution >= 0.6 is 0 Å². The molecule has 0 atom stereocenters. The van der Waals surface area contributed by atoms with Gasteiger partial charge in [-0.25, -0.2) is 18.4 Å². The summed E-state index contributed by atoms with van der Waals surface area (Å²) in [5, 5.41) is 0.996. The summed E-state index contributed by atoms with van der Waals surface area (Å²) < 4.78 is 27.6. The molecule has 0 unspecified atom stereocenters. The molecule has 7 nitrogen and oxygen atoms in total. The Bertz CT molecular complexity index is 1520. The van der Waals surface area contributed by atoms with Crippen LogP contribution in [0.1, 0.15) is 0 Å². The highest BCUT2D eigenvalue weighted by Gasteiger charge is 2.11. The van der Waals surface area contributed by atoms with Crippen molar-refractivity contribution in [2.45, 2.75) is 0 Å². The highest BCUT2D eigenvalue weighted by molar-refractivity contribution is 7.92. The average molecular weight is 417 g/mol. The number of nitrogens with zero attached hydrogens (tertiary/aromatic N) is 3. The third-order valence-corrected chi connectivity index (χ3v) is 5.67. The van der Waals surface area contributed by atoms with E-state index in [0.717, 1.165) is 50.6 Å². The van der Waals surface area contributed by atoms with E-state index in [2.05, 4.69) is 37.9 Å². The summed E-state index contributed by atoms with van der Waals surface area (Å²) in [6.07, 6.45) is 6.69. The Labute approximate surface area is 173 Å². The van der Waals surface area contributed by atoms with Gasteiger partial charge in [-0.2, -0.15) is 0 Å². The van der Waals surface area contributed by atoms with Crippen molar-refractivity contribution in [3.05, 3.63) is 67.3 Å². The van der Waals surface area contributed by atoms with E-state index in [-0.39, 0.29) is 0 Å². The van der Waals surface area contributed by atoms with Crippen LogP contribution in [0.2, 0.25) is 0 Å². The molecule has 0 amide bonds. The number of aromatic nitrogens is 4. The smallest absolute Gasteiger partial charge is 0.229 e. The van der Waals surface area contributed by atoms with Crippen LogP contribution in [0, 0.1) is 0 Å². The first-order chi connectivity index (χ1) is 14.4. The van der Waals surface area contributed by atoms with E-state index >= 15 is 0 Å². The molecule has 0 aliphatic rings. The zero-order chi connectivity index (χ0) is 20.9. The predicted octanol–water partition coefficient (Wildman–Crippen LogP) is 4.16. The van der Waals surface area contributed by atoms with E-state index in [1.807, 2.05) is 36.0 Å². The maximum absolute atomic E-state index is 11.6. The molecule has 30 heavy (non-hydrogen) atoms. The highest BCUT2D eigenvalue weighted by Crippen LogP contribution is 2.33. The second-order valence-electron chi connectivity index (χ2n) is 7.34. The Hall–Kier alpha value is -3.65. The number of hydrogen-bond donors (Lipinski definition) is 2. The summed E-state index contributed by atoms with van der Waals surface area (Å²) in [5.41, 5.74) is 7.24. The van der Waals surface area contributed by atoms with Crippen LogP contribution in [0.5, 0.6) is 0 Å². The number of sulfonamides is 1. The van der Waals surface area contributed by atoms with E-state index < -0.39 is 10.0 Å². The minimum atomic E-state index is -3.34. The number of aryl methyl sites for hydroxylation is 1. The van der Waals surface area contributed by atoms with E-state index in [9.17, 15) is 8.42 Å². The van der Waals surface area contributed by atoms with Gasteiger partial charge in [-0.15, -0.1) is 0 Å². The van der Waals surface area contributed by atoms with Crippen LogP contribution in [0.15, 0.2) is 67.3 Å². The molecule has 5 aromatic rings. The van der Waals surface area contributed by atoms with Gasteiger partial charge < -0.3 is 9.55 Å². The van der Waals surface area contributed by atoms with Crippen LogP contribution in [0.4, 0.5) is 5.69 Å². The lowest BCUT2D eigenvalue weighted by Gasteiger charge is -2.07. The first-order valence-corrected chi connectivity index (χ1v) is 11.2. The molecule has 3 heterocycles. The van der Waals surface area contributed by atoms with Crippen molar-refractivity contribution in [1.82, 2.24) is 19.5 Å². The molecule has 5 rings (SSSR count). The molecule has 2 aromatic carbocycles. The van der Waals surface area contributed by atoms with E-state index in [0.29, 0.717) is 5.69 Å². The van der Waals surface area contributed by atoms with Gasteiger partial charge in [0.1, 0.15) is 5.65 Å². The lowest BCUT2D eigenvalue weighted by atomic mass is 10.0. The molecule has 0 saturated heterocycles. The maximum Gasteiger partial charge on any atom is 0.229 e. The number of aromatic amines is 1. The van der Waals surface area contributed by atoms with Crippen molar-refractivity contribution in [1.29, 1.82) is 0 Å². The zero-order valence-corrected chi connectivity index (χ0v) is 17.2. The molecule has 2 N–H and O–H groups in total. The number of fused-ring (bicyclic) bond motifs is 2. The summed E-state index contributed by atoms with van der Waals surface area (Å²) in [4.78, 5) is 12.2. The number of nitrogens with one attached hydrogen (secondary N) is 2. The summed E-state index contributed by atoms with van der Waals surface area (Å²) in [7, 11) is -1.36. The molecule has 8 heteroatoms.